The molecule has 9 heteroatoms. The molecule has 2 aromatic carbocycles. The first-order chi connectivity index (χ1) is 13.9. The molecule has 3 rings (SSSR count). The Morgan fingerprint density at radius 2 is 1.97 bits per heavy atom. The van der Waals surface area contributed by atoms with Crippen LogP contribution in [0.4, 0.5) is 0 Å². The minimum atomic E-state index is -0.823. The molecule has 1 aromatic heterocycles. The van der Waals surface area contributed by atoms with E-state index < -0.39 is 23.0 Å². The third-order valence-electron chi connectivity index (χ3n) is 4.18. The minimum Gasteiger partial charge on any atom is -0.493 e. The number of nitrogens with one attached hydrogen (secondary N) is 2. The van der Waals surface area contributed by atoms with E-state index in [-0.39, 0.29) is 5.56 Å². The topological polar surface area (TPSA) is 117 Å². The van der Waals surface area contributed by atoms with Crippen LogP contribution in [-0.4, -0.2) is 26.8 Å². The molecule has 0 saturated carbocycles. The maximum absolute atomic E-state index is 12.4. The molecule has 8 nitrogen and oxygen atoms in total. The van der Waals surface area contributed by atoms with Crippen LogP contribution in [0.15, 0.2) is 67.7 Å². The van der Waals surface area contributed by atoms with E-state index in [2.05, 4.69) is 31.4 Å². The van der Waals surface area contributed by atoms with Crippen LogP contribution < -0.4 is 16.7 Å². The molecule has 0 bridgehead atoms. The van der Waals surface area contributed by atoms with Gasteiger partial charge in [0.05, 0.1) is 11.9 Å². The highest BCUT2D eigenvalue weighted by Crippen LogP contribution is 2.23. The smallest absolute Gasteiger partial charge is 0.335 e. The Hall–Kier alpha value is -3.46. The van der Waals surface area contributed by atoms with Crippen molar-refractivity contribution in [1.29, 1.82) is 0 Å². The first-order valence-corrected chi connectivity index (χ1v) is 9.47. The fraction of sp³-hybridized carbons (Fsp3) is 0.100. The molecule has 148 valence electrons. The standard InChI is InChI=1S/C20H17BrN4O4/c1-2-12-10-14(21)8-9-16(12)25-19(28)15(18(27)23-20(25)29)11-22-24-17(26)13-6-4-3-5-7-13/h3-11,28H,2H2,1H3,(H,24,26)(H,23,27,29). The van der Waals surface area contributed by atoms with Gasteiger partial charge < -0.3 is 5.11 Å². The Morgan fingerprint density at radius 3 is 2.66 bits per heavy atom. The highest BCUT2D eigenvalue weighted by molar-refractivity contribution is 9.10. The van der Waals surface area contributed by atoms with Crippen molar-refractivity contribution in [2.24, 2.45) is 5.10 Å². The Bertz CT molecular complexity index is 1200. The van der Waals surface area contributed by atoms with Gasteiger partial charge in [-0.2, -0.15) is 5.10 Å². The number of carbonyl (C=O) groups excluding carboxylic acids is 1. The number of aromatic nitrogens is 2. The molecule has 0 fully saturated rings. The summed E-state index contributed by atoms with van der Waals surface area (Å²) >= 11 is 3.37. The van der Waals surface area contributed by atoms with Crippen LogP contribution in [0.5, 0.6) is 5.88 Å². The monoisotopic (exact) mass is 456 g/mol. The number of nitrogens with zero attached hydrogens (tertiary/aromatic N) is 2. The van der Waals surface area contributed by atoms with Gasteiger partial charge in [0.15, 0.2) is 0 Å². The molecular formula is C20H17BrN4O4. The number of rotatable bonds is 5. The van der Waals surface area contributed by atoms with Gasteiger partial charge in [-0.05, 0) is 42.3 Å². The number of benzene rings is 2. The summed E-state index contributed by atoms with van der Waals surface area (Å²) in [6, 6.07) is 13.6. The van der Waals surface area contributed by atoms with Gasteiger partial charge in [-0.3, -0.25) is 14.6 Å². The number of carbonyl (C=O) groups is 1. The number of halogens is 1. The molecule has 3 N–H and O–H groups in total. The summed E-state index contributed by atoms with van der Waals surface area (Å²) in [6.45, 7) is 1.90. The normalized spacial score (nSPS) is 11.0. The van der Waals surface area contributed by atoms with E-state index in [1.54, 1.807) is 42.5 Å². The summed E-state index contributed by atoms with van der Waals surface area (Å²) in [5.74, 6) is -1.05. The highest BCUT2D eigenvalue weighted by atomic mass is 79.9. The number of hydrazone groups is 1. The number of hydrogen-bond donors (Lipinski definition) is 3. The predicted molar refractivity (Wildman–Crippen MR) is 113 cm³/mol. The quantitative estimate of drug-likeness (QED) is 0.403. The lowest BCUT2D eigenvalue weighted by molar-refractivity contribution is 0.0955. The maximum Gasteiger partial charge on any atom is 0.335 e. The third kappa shape index (κ3) is 4.35. The molecule has 0 aliphatic heterocycles. The van der Waals surface area contributed by atoms with E-state index in [9.17, 15) is 19.5 Å². The van der Waals surface area contributed by atoms with Crippen molar-refractivity contribution in [3.8, 4) is 11.6 Å². The molecule has 1 amide bonds. The Morgan fingerprint density at radius 1 is 1.24 bits per heavy atom. The van der Waals surface area contributed by atoms with Gasteiger partial charge in [0.25, 0.3) is 11.5 Å². The van der Waals surface area contributed by atoms with E-state index >= 15 is 0 Å². The van der Waals surface area contributed by atoms with Gasteiger partial charge in [0.2, 0.25) is 5.88 Å². The molecule has 0 aliphatic carbocycles. The van der Waals surface area contributed by atoms with E-state index in [0.29, 0.717) is 17.7 Å². The molecular weight excluding hydrogens is 440 g/mol. The number of aromatic amines is 1. The molecule has 0 saturated heterocycles. The summed E-state index contributed by atoms with van der Waals surface area (Å²) in [5, 5.41) is 14.3. The maximum atomic E-state index is 12.4. The average molecular weight is 457 g/mol. The summed E-state index contributed by atoms with van der Waals surface area (Å²) < 4.78 is 1.81. The van der Waals surface area contributed by atoms with Gasteiger partial charge in [0, 0.05) is 10.0 Å². The molecule has 29 heavy (non-hydrogen) atoms. The van der Waals surface area contributed by atoms with Crippen LogP contribution in [0.3, 0.4) is 0 Å². The van der Waals surface area contributed by atoms with Crippen molar-refractivity contribution in [3.05, 3.63) is 90.5 Å². The third-order valence-corrected chi connectivity index (χ3v) is 4.67. The summed E-state index contributed by atoms with van der Waals surface area (Å²) in [4.78, 5) is 38.7. The largest absolute Gasteiger partial charge is 0.493 e. The minimum absolute atomic E-state index is 0.261. The number of hydrogen-bond acceptors (Lipinski definition) is 5. The Labute approximate surface area is 173 Å². The fourth-order valence-electron chi connectivity index (χ4n) is 2.74. The van der Waals surface area contributed by atoms with E-state index in [4.69, 9.17) is 0 Å². The lowest BCUT2D eigenvalue weighted by atomic mass is 10.1. The summed E-state index contributed by atoms with van der Waals surface area (Å²) in [7, 11) is 0. The van der Waals surface area contributed by atoms with Crippen molar-refractivity contribution in [3.63, 3.8) is 0 Å². The van der Waals surface area contributed by atoms with Crippen LogP contribution in [0, 0.1) is 0 Å². The van der Waals surface area contributed by atoms with Gasteiger partial charge in [0.1, 0.15) is 5.56 Å². The second-order valence-electron chi connectivity index (χ2n) is 6.02. The van der Waals surface area contributed by atoms with Crippen molar-refractivity contribution in [2.75, 3.05) is 0 Å². The molecule has 0 aliphatic rings. The van der Waals surface area contributed by atoms with Crippen LogP contribution in [0.1, 0.15) is 28.4 Å². The van der Waals surface area contributed by atoms with Crippen LogP contribution >= 0.6 is 15.9 Å². The Balaban J connectivity index is 1.99. The number of H-pyrrole nitrogens is 1. The average Bonchev–Trinajstić information content (AvgIpc) is 2.71. The van der Waals surface area contributed by atoms with E-state index in [1.165, 1.54) is 0 Å². The summed E-state index contributed by atoms with van der Waals surface area (Å²) in [6.07, 6.45) is 1.59. The van der Waals surface area contributed by atoms with Crippen LogP contribution in [0.2, 0.25) is 0 Å². The van der Waals surface area contributed by atoms with Crippen LogP contribution in [0.25, 0.3) is 5.69 Å². The molecule has 0 spiro atoms. The second kappa shape index (κ2) is 8.70. The van der Waals surface area contributed by atoms with E-state index in [0.717, 1.165) is 20.8 Å². The molecule has 0 radical (unpaired) electrons. The molecule has 3 aromatic rings. The van der Waals surface area contributed by atoms with Gasteiger partial charge in [-0.15, -0.1) is 0 Å². The Kier molecular flexibility index (Phi) is 6.08. The zero-order valence-electron chi connectivity index (χ0n) is 15.3. The number of aromatic hydroxyl groups is 1. The molecule has 0 atom stereocenters. The fourth-order valence-corrected chi connectivity index (χ4v) is 3.15. The van der Waals surface area contributed by atoms with Crippen molar-refractivity contribution in [1.82, 2.24) is 15.0 Å². The SMILES string of the molecule is CCc1cc(Br)ccc1-n1c(O)c(C=NNC(=O)c2ccccc2)c(=O)[nH]c1=O. The zero-order valence-corrected chi connectivity index (χ0v) is 16.9. The lowest BCUT2D eigenvalue weighted by Crippen LogP contribution is -2.32. The van der Waals surface area contributed by atoms with Crippen molar-refractivity contribution < 1.29 is 9.90 Å². The highest BCUT2D eigenvalue weighted by Gasteiger charge is 2.16. The first-order valence-electron chi connectivity index (χ1n) is 8.68. The van der Waals surface area contributed by atoms with Gasteiger partial charge >= 0.3 is 5.69 Å². The van der Waals surface area contributed by atoms with E-state index in [1.807, 2.05) is 13.0 Å². The predicted octanol–water partition coefficient (Wildman–Crippen LogP) is 2.32. The second-order valence-corrected chi connectivity index (χ2v) is 6.94. The zero-order chi connectivity index (χ0) is 21.0. The molecule has 1 heterocycles. The number of amides is 1. The summed E-state index contributed by atoms with van der Waals surface area (Å²) in [5.41, 5.74) is 2.01. The number of aryl methyl sites for hydroxylation is 1. The van der Waals surface area contributed by atoms with Crippen molar-refractivity contribution >= 4 is 28.1 Å². The lowest BCUT2D eigenvalue weighted by Gasteiger charge is -2.13. The van der Waals surface area contributed by atoms with Crippen LogP contribution in [-0.2, 0) is 6.42 Å². The van der Waals surface area contributed by atoms with Gasteiger partial charge in [-0.25, -0.2) is 14.8 Å². The van der Waals surface area contributed by atoms with Gasteiger partial charge in [-0.1, -0.05) is 41.1 Å². The first kappa shape index (κ1) is 20.3. The molecule has 0 unspecified atom stereocenters. The van der Waals surface area contributed by atoms with Crippen molar-refractivity contribution in [2.45, 2.75) is 13.3 Å².